The standard InChI is InChI=1S/C6H13N5O/c1-4(2)5(12)9-6(10-7)11-8-3/h4H,3,7H2,1-2H3,(H2,9,10,11,12). The summed E-state index contributed by atoms with van der Waals surface area (Å²) < 4.78 is 0. The Morgan fingerprint density at radius 3 is 2.50 bits per heavy atom. The summed E-state index contributed by atoms with van der Waals surface area (Å²) >= 11 is 0. The van der Waals surface area contributed by atoms with Crippen molar-refractivity contribution in [3.8, 4) is 0 Å². The Morgan fingerprint density at radius 1 is 1.58 bits per heavy atom. The predicted octanol–water partition coefficient (Wildman–Crippen LogP) is -0.807. The van der Waals surface area contributed by atoms with Crippen molar-refractivity contribution >= 4 is 18.6 Å². The van der Waals surface area contributed by atoms with E-state index in [1.54, 1.807) is 13.8 Å². The van der Waals surface area contributed by atoms with Crippen molar-refractivity contribution in [3.63, 3.8) is 0 Å². The number of hydrazine groups is 1. The van der Waals surface area contributed by atoms with E-state index in [2.05, 4.69) is 27.7 Å². The van der Waals surface area contributed by atoms with Crippen LogP contribution in [0.4, 0.5) is 0 Å². The lowest BCUT2D eigenvalue weighted by Crippen LogP contribution is -2.45. The lowest BCUT2D eigenvalue weighted by Gasteiger charge is -2.07. The van der Waals surface area contributed by atoms with Gasteiger partial charge >= 0.3 is 0 Å². The van der Waals surface area contributed by atoms with Crippen LogP contribution >= 0.6 is 0 Å². The van der Waals surface area contributed by atoms with Crippen LogP contribution in [0.15, 0.2) is 10.2 Å². The van der Waals surface area contributed by atoms with Gasteiger partial charge in [-0.05, 0) is 0 Å². The molecule has 12 heavy (non-hydrogen) atoms. The Balaban J connectivity index is 4.12. The second kappa shape index (κ2) is 5.25. The van der Waals surface area contributed by atoms with Gasteiger partial charge in [-0.25, -0.2) is 5.84 Å². The van der Waals surface area contributed by atoms with Crippen LogP contribution in [0.1, 0.15) is 13.8 Å². The first-order chi connectivity index (χ1) is 5.61. The molecule has 0 fully saturated rings. The molecule has 0 aromatic carbocycles. The van der Waals surface area contributed by atoms with E-state index in [0.29, 0.717) is 0 Å². The number of nitrogens with two attached hydrogens (primary N) is 1. The Labute approximate surface area is 70.9 Å². The van der Waals surface area contributed by atoms with E-state index in [1.807, 2.05) is 0 Å². The molecule has 0 saturated heterocycles. The van der Waals surface area contributed by atoms with Crippen molar-refractivity contribution in [1.29, 1.82) is 0 Å². The largest absolute Gasteiger partial charge is 0.294 e. The van der Waals surface area contributed by atoms with Gasteiger partial charge in [0, 0.05) is 12.6 Å². The third kappa shape index (κ3) is 3.67. The van der Waals surface area contributed by atoms with Crippen LogP contribution in [0.5, 0.6) is 0 Å². The second-order valence-electron chi connectivity index (χ2n) is 2.38. The van der Waals surface area contributed by atoms with E-state index >= 15 is 0 Å². The fourth-order valence-electron chi connectivity index (χ4n) is 0.422. The zero-order valence-electron chi connectivity index (χ0n) is 7.16. The number of carbonyl (C=O) groups is 1. The summed E-state index contributed by atoms with van der Waals surface area (Å²) in [4.78, 5) is 11.0. The molecule has 6 nitrogen and oxygen atoms in total. The first-order valence-corrected chi connectivity index (χ1v) is 3.43. The maximum absolute atomic E-state index is 11.0. The van der Waals surface area contributed by atoms with Crippen LogP contribution in [-0.4, -0.2) is 18.6 Å². The van der Waals surface area contributed by atoms with Crippen molar-refractivity contribution in [2.24, 2.45) is 22.0 Å². The lowest BCUT2D eigenvalue weighted by molar-refractivity contribution is -0.122. The fraction of sp³-hybridized carbons (Fsp3) is 0.500. The first kappa shape index (κ1) is 10.6. The monoisotopic (exact) mass is 171 g/mol. The van der Waals surface area contributed by atoms with E-state index < -0.39 is 0 Å². The molecule has 0 aromatic heterocycles. The zero-order valence-corrected chi connectivity index (χ0v) is 7.16. The normalized spacial score (nSPS) is 11.2. The molecule has 0 aliphatic heterocycles. The molecule has 0 aliphatic rings. The molecule has 68 valence electrons. The highest BCUT2D eigenvalue weighted by molar-refractivity contribution is 5.97. The highest BCUT2D eigenvalue weighted by Gasteiger charge is 2.08. The minimum Gasteiger partial charge on any atom is -0.294 e. The molecule has 0 atom stereocenters. The number of hydrogen-bond donors (Lipinski definition) is 3. The quantitative estimate of drug-likeness (QED) is 0.220. The van der Waals surface area contributed by atoms with Crippen molar-refractivity contribution < 1.29 is 4.79 Å². The zero-order chi connectivity index (χ0) is 9.56. The molecule has 0 spiro atoms. The number of carbonyl (C=O) groups excluding carboxylic acids is 1. The van der Waals surface area contributed by atoms with Crippen LogP contribution in [-0.2, 0) is 4.79 Å². The summed E-state index contributed by atoms with van der Waals surface area (Å²) in [6.07, 6.45) is 0. The predicted molar refractivity (Wildman–Crippen MR) is 47.3 cm³/mol. The van der Waals surface area contributed by atoms with Crippen LogP contribution in [0.2, 0.25) is 0 Å². The number of nitrogens with zero attached hydrogens (tertiary/aromatic N) is 2. The van der Waals surface area contributed by atoms with Gasteiger partial charge in [0.1, 0.15) is 0 Å². The lowest BCUT2D eigenvalue weighted by atomic mass is 10.2. The van der Waals surface area contributed by atoms with Crippen molar-refractivity contribution in [2.75, 3.05) is 0 Å². The van der Waals surface area contributed by atoms with Gasteiger partial charge in [0.25, 0.3) is 0 Å². The van der Waals surface area contributed by atoms with Gasteiger partial charge in [-0.15, -0.1) is 5.10 Å². The maximum atomic E-state index is 11.0. The van der Waals surface area contributed by atoms with Crippen LogP contribution in [0.3, 0.4) is 0 Å². The second-order valence-corrected chi connectivity index (χ2v) is 2.38. The summed E-state index contributed by atoms with van der Waals surface area (Å²) in [5, 5.41) is 9.04. The van der Waals surface area contributed by atoms with Gasteiger partial charge in [-0.1, -0.05) is 13.8 Å². The Hall–Kier alpha value is -1.43. The molecule has 1 amide bonds. The molecule has 0 unspecified atom stereocenters. The molecule has 0 heterocycles. The summed E-state index contributed by atoms with van der Waals surface area (Å²) in [6, 6.07) is 0. The molecule has 0 saturated carbocycles. The minimum atomic E-state index is -0.185. The number of nitrogens with one attached hydrogen (secondary N) is 2. The summed E-state index contributed by atoms with van der Waals surface area (Å²) in [5.74, 6) is 4.79. The van der Waals surface area contributed by atoms with Crippen LogP contribution in [0, 0.1) is 5.92 Å². The summed E-state index contributed by atoms with van der Waals surface area (Å²) in [7, 11) is 0. The maximum Gasteiger partial charge on any atom is 0.237 e. The van der Waals surface area contributed by atoms with Gasteiger partial charge in [0.2, 0.25) is 11.9 Å². The van der Waals surface area contributed by atoms with Crippen LogP contribution in [0.25, 0.3) is 0 Å². The Morgan fingerprint density at radius 2 is 2.17 bits per heavy atom. The van der Waals surface area contributed by atoms with Gasteiger partial charge < -0.3 is 0 Å². The molecule has 0 aromatic rings. The molecular formula is C6H13N5O. The topological polar surface area (TPSA) is 91.9 Å². The average molecular weight is 171 g/mol. The Bertz CT molecular complexity index is 198. The number of hydrogen-bond acceptors (Lipinski definition) is 4. The van der Waals surface area contributed by atoms with E-state index in [1.165, 1.54) is 0 Å². The molecule has 4 N–H and O–H groups in total. The van der Waals surface area contributed by atoms with Gasteiger partial charge in [-0.2, -0.15) is 5.10 Å². The van der Waals surface area contributed by atoms with Crippen molar-refractivity contribution in [1.82, 2.24) is 10.7 Å². The number of amides is 1. The third-order valence-electron chi connectivity index (χ3n) is 1.07. The molecule has 0 bridgehead atoms. The number of guanidine groups is 1. The van der Waals surface area contributed by atoms with E-state index in [4.69, 9.17) is 5.84 Å². The van der Waals surface area contributed by atoms with Crippen molar-refractivity contribution in [2.45, 2.75) is 13.8 Å². The van der Waals surface area contributed by atoms with E-state index in [9.17, 15) is 4.79 Å². The van der Waals surface area contributed by atoms with Crippen molar-refractivity contribution in [3.05, 3.63) is 0 Å². The van der Waals surface area contributed by atoms with Gasteiger partial charge in [0.15, 0.2) is 0 Å². The Kier molecular flexibility index (Phi) is 4.62. The summed E-state index contributed by atoms with van der Waals surface area (Å²) in [5.41, 5.74) is 2.17. The fourth-order valence-corrected chi connectivity index (χ4v) is 0.422. The molecule has 0 aliphatic carbocycles. The average Bonchev–Trinajstić information content (AvgIpc) is 2.03. The molecule has 0 rings (SSSR count). The SMILES string of the molecule is C=N/N=C(\NN)NC(=O)C(C)C. The van der Waals surface area contributed by atoms with Crippen LogP contribution < -0.4 is 16.6 Å². The number of rotatable bonds is 2. The molecular weight excluding hydrogens is 158 g/mol. The van der Waals surface area contributed by atoms with E-state index in [-0.39, 0.29) is 17.8 Å². The highest BCUT2D eigenvalue weighted by Crippen LogP contribution is 1.89. The molecule has 0 radical (unpaired) electrons. The first-order valence-electron chi connectivity index (χ1n) is 3.43. The van der Waals surface area contributed by atoms with Gasteiger partial charge in [0.05, 0.1) is 0 Å². The smallest absolute Gasteiger partial charge is 0.237 e. The van der Waals surface area contributed by atoms with E-state index in [0.717, 1.165) is 0 Å². The van der Waals surface area contributed by atoms with Gasteiger partial charge in [-0.3, -0.25) is 15.5 Å². The minimum absolute atomic E-state index is 0.0868. The highest BCUT2D eigenvalue weighted by atomic mass is 16.2. The summed E-state index contributed by atoms with van der Waals surface area (Å²) in [6.45, 7) is 6.63. The molecule has 6 heteroatoms. The third-order valence-corrected chi connectivity index (χ3v) is 1.07.